The van der Waals surface area contributed by atoms with Crippen LogP contribution < -0.4 is 5.32 Å². The second-order valence-electron chi connectivity index (χ2n) is 5.41. The lowest BCUT2D eigenvalue weighted by atomic mass is 9.97. The minimum Gasteiger partial charge on any atom is -0.396 e. The molecule has 19 heavy (non-hydrogen) atoms. The molecule has 0 radical (unpaired) electrons. The number of fused-ring (bicyclic) bond motifs is 1. The first-order valence-electron chi connectivity index (χ1n) is 6.98. The quantitative estimate of drug-likeness (QED) is 0.859. The lowest BCUT2D eigenvalue weighted by Gasteiger charge is -2.25. The summed E-state index contributed by atoms with van der Waals surface area (Å²) in [5.41, 5.74) is 1.31. The molecule has 0 amide bonds. The van der Waals surface area contributed by atoms with Gasteiger partial charge in [-0.25, -0.2) is 0 Å². The Bertz CT molecular complexity index is 532. The highest BCUT2D eigenvalue weighted by Gasteiger charge is 2.15. The molecule has 0 bridgehead atoms. The van der Waals surface area contributed by atoms with Crippen molar-refractivity contribution >= 4 is 10.8 Å². The van der Waals surface area contributed by atoms with Crippen molar-refractivity contribution in [1.29, 1.82) is 0 Å². The molecule has 102 valence electrons. The van der Waals surface area contributed by atoms with E-state index in [2.05, 4.69) is 68.6 Å². The Morgan fingerprint density at radius 2 is 1.68 bits per heavy atom. The third-order valence-electron chi connectivity index (χ3n) is 3.94. The van der Waals surface area contributed by atoms with Crippen LogP contribution in [0.4, 0.5) is 0 Å². The number of aliphatic hydroxyl groups excluding tert-OH is 1. The Morgan fingerprint density at radius 3 is 2.42 bits per heavy atom. The van der Waals surface area contributed by atoms with Crippen molar-refractivity contribution in [2.75, 3.05) is 6.61 Å². The molecular weight excluding hydrogens is 234 g/mol. The van der Waals surface area contributed by atoms with Gasteiger partial charge >= 0.3 is 0 Å². The van der Waals surface area contributed by atoms with Crippen molar-refractivity contribution in [3.8, 4) is 0 Å². The molecular formula is C17H23NO. The number of nitrogens with one attached hydrogen (secondary N) is 1. The molecule has 0 spiro atoms. The van der Waals surface area contributed by atoms with Crippen LogP contribution >= 0.6 is 0 Å². The second-order valence-corrected chi connectivity index (χ2v) is 5.41. The molecule has 2 N–H and O–H groups in total. The minimum absolute atomic E-state index is 0.219. The van der Waals surface area contributed by atoms with Crippen LogP contribution in [-0.2, 0) is 0 Å². The number of benzene rings is 2. The summed E-state index contributed by atoms with van der Waals surface area (Å²) in [6.45, 7) is 6.59. The average Bonchev–Trinajstić information content (AvgIpc) is 2.45. The van der Waals surface area contributed by atoms with Crippen LogP contribution in [0.3, 0.4) is 0 Å². The van der Waals surface area contributed by atoms with Crippen molar-refractivity contribution in [3.63, 3.8) is 0 Å². The van der Waals surface area contributed by atoms with E-state index in [4.69, 9.17) is 0 Å². The summed E-state index contributed by atoms with van der Waals surface area (Å²) >= 11 is 0. The molecule has 0 aromatic heterocycles. The Balaban J connectivity index is 2.24. The van der Waals surface area contributed by atoms with E-state index in [1.54, 1.807) is 0 Å². The van der Waals surface area contributed by atoms with Gasteiger partial charge in [0.1, 0.15) is 0 Å². The third kappa shape index (κ3) is 3.14. The lowest BCUT2D eigenvalue weighted by molar-refractivity contribution is 0.202. The summed E-state index contributed by atoms with van der Waals surface area (Å²) < 4.78 is 0. The van der Waals surface area contributed by atoms with E-state index in [1.807, 2.05) is 0 Å². The van der Waals surface area contributed by atoms with Gasteiger partial charge in [-0.15, -0.1) is 0 Å². The summed E-state index contributed by atoms with van der Waals surface area (Å²) in [7, 11) is 0. The minimum atomic E-state index is 0.219. The number of hydrogen-bond acceptors (Lipinski definition) is 2. The first kappa shape index (κ1) is 14.0. The van der Waals surface area contributed by atoms with E-state index in [9.17, 15) is 5.11 Å². The summed E-state index contributed by atoms with van der Waals surface area (Å²) in [6, 6.07) is 15.5. The SMILES string of the molecule is CC(NC(C)C(C)CO)c1cccc2ccccc12. The highest BCUT2D eigenvalue weighted by molar-refractivity contribution is 5.86. The molecule has 0 aliphatic rings. The zero-order valence-electron chi connectivity index (χ0n) is 11.9. The van der Waals surface area contributed by atoms with Gasteiger partial charge in [0.15, 0.2) is 0 Å². The Labute approximate surface area is 115 Å². The largest absolute Gasteiger partial charge is 0.396 e. The fourth-order valence-electron chi connectivity index (χ4n) is 2.43. The number of aliphatic hydroxyl groups is 1. The average molecular weight is 257 g/mol. The molecule has 0 saturated carbocycles. The predicted molar refractivity (Wildman–Crippen MR) is 81.2 cm³/mol. The van der Waals surface area contributed by atoms with Gasteiger partial charge in [0.05, 0.1) is 0 Å². The van der Waals surface area contributed by atoms with E-state index in [0.29, 0.717) is 6.04 Å². The standard InChI is InChI=1S/C17H23NO/c1-12(11-19)13(2)18-14(3)16-10-6-8-15-7-4-5-9-17(15)16/h4-10,12-14,18-19H,11H2,1-3H3. The Morgan fingerprint density at radius 1 is 1.00 bits per heavy atom. The maximum atomic E-state index is 9.22. The smallest absolute Gasteiger partial charge is 0.0471 e. The molecule has 2 aromatic carbocycles. The van der Waals surface area contributed by atoms with Gasteiger partial charge in [-0.1, -0.05) is 49.4 Å². The van der Waals surface area contributed by atoms with Crippen molar-refractivity contribution in [3.05, 3.63) is 48.0 Å². The van der Waals surface area contributed by atoms with Gasteiger partial charge in [-0.05, 0) is 36.1 Å². The van der Waals surface area contributed by atoms with Crippen LogP contribution in [0.5, 0.6) is 0 Å². The fraction of sp³-hybridized carbons (Fsp3) is 0.412. The topological polar surface area (TPSA) is 32.3 Å². The Kier molecular flexibility index (Phi) is 4.56. The van der Waals surface area contributed by atoms with Gasteiger partial charge in [0.25, 0.3) is 0 Å². The summed E-state index contributed by atoms with van der Waals surface area (Å²) in [6.07, 6.45) is 0. The zero-order valence-corrected chi connectivity index (χ0v) is 11.9. The van der Waals surface area contributed by atoms with Gasteiger partial charge in [-0.3, -0.25) is 0 Å². The summed E-state index contributed by atoms with van der Waals surface area (Å²) in [5, 5.41) is 15.4. The van der Waals surface area contributed by atoms with Gasteiger partial charge in [-0.2, -0.15) is 0 Å². The fourth-order valence-corrected chi connectivity index (χ4v) is 2.43. The van der Waals surface area contributed by atoms with E-state index in [1.165, 1.54) is 16.3 Å². The number of hydrogen-bond donors (Lipinski definition) is 2. The van der Waals surface area contributed by atoms with Crippen LogP contribution in [0.2, 0.25) is 0 Å². The van der Waals surface area contributed by atoms with Crippen molar-refractivity contribution in [1.82, 2.24) is 5.32 Å². The van der Waals surface area contributed by atoms with E-state index < -0.39 is 0 Å². The first-order valence-corrected chi connectivity index (χ1v) is 6.98. The Hall–Kier alpha value is -1.38. The number of rotatable bonds is 5. The molecule has 0 aliphatic heterocycles. The molecule has 0 aliphatic carbocycles. The molecule has 0 fully saturated rings. The highest BCUT2D eigenvalue weighted by Crippen LogP contribution is 2.24. The monoisotopic (exact) mass is 257 g/mol. The van der Waals surface area contributed by atoms with Crippen molar-refractivity contribution in [2.45, 2.75) is 32.9 Å². The molecule has 3 unspecified atom stereocenters. The van der Waals surface area contributed by atoms with Crippen molar-refractivity contribution in [2.24, 2.45) is 5.92 Å². The first-order chi connectivity index (χ1) is 9.13. The molecule has 0 heterocycles. The zero-order chi connectivity index (χ0) is 13.8. The maximum Gasteiger partial charge on any atom is 0.0471 e. The normalized spacial score (nSPS) is 16.2. The highest BCUT2D eigenvalue weighted by atomic mass is 16.3. The van der Waals surface area contributed by atoms with Gasteiger partial charge in [0.2, 0.25) is 0 Å². The second kappa shape index (κ2) is 6.18. The van der Waals surface area contributed by atoms with Crippen LogP contribution in [0.1, 0.15) is 32.4 Å². The third-order valence-corrected chi connectivity index (χ3v) is 3.94. The van der Waals surface area contributed by atoms with Crippen LogP contribution in [0.15, 0.2) is 42.5 Å². The van der Waals surface area contributed by atoms with E-state index in [0.717, 1.165) is 0 Å². The summed E-state index contributed by atoms with van der Waals surface area (Å²) in [5.74, 6) is 0.262. The molecule has 2 rings (SSSR count). The summed E-state index contributed by atoms with van der Waals surface area (Å²) in [4.78, 5) is 0. The van der Waals surface area contributed by atoms with E-state index >= 15 is 0 Å². The van der Waals surface area contributed by atoms with Crippen molar-refractivity contribution < 1.29 is 5.11 Å². The predicted octanol–water partition coefficient (Wildman–Crippen LogP) is 3.51. The molecule has 0 saturated heterocycles. The molecule has 3 atom stereocenters. The van der Waals surface area contributed by atoms with Gasteiger partial charge < -0.3 is 10.4 Å². The molecule has 2 heteroatoms. The van der Waals surface area contributed by atoms with Crippen LogP contribution in [0.25, 0.3) is 10.8 Å². The van der Waals surface area contributed by atoms with Gasteiger partial charge in [0, 0.05) is 18.7 Å². The molecule has 2 aromatic rings. The van der Waals surface area contributed by atoms with Crippen LogP contribution in [-0.4, -0.2) is 17.8 Å². The maximum absolute atomic E-state index is 9.22. The van der Waals surface area contributed by atoms with Crippen LogP contribution in [0, 0.1) is 5.92 Å². The van der Waals surface area contributed by atoms with E-state index in [-0.39, 0.29) is 18.6 Å². The molecule has 2 nitrogen and oxygen atoms in total. The lowest BCUT2D eigenvalue weighted by Crippen LogP contribution is -2.35.